The summed E-state index contributed by atoms with van der Waals surface area (Å²) < 4.78 is 68.7. The van der Waals surface area contributed by atoms with Crippen LogP contribution in [0.2, 0.25) is 0 Å². The van der Waals surface area contributed by atoms with Crippen LogP contribution in [-0.4, -0.2) is 96.7 Å². The van der Waals surface area contributed by atoms with Gasteiger partial charge in [0.25, 0.3) is 0 Å². The lowest BCUT2D eigenvalue weighted by molar-refractivity contribution is -0.161. The molecular formula is C81H158O17P2. The molecule has 0 rings (SSSR count). The van der Waals surface area contributed by atoms with Crippen LogP contribution in [0.1, 0.15) is 427 Å². The second-order valence-corrected chi connectivity index (χ2v) is 32.8. The minimum atomic E-state index is -4.96. The fourth-order valence-corrected chi connectivity index (χ4v) is 14.1. The molecule has 0 aliphatic carbocycles. The molecule has 0 heterocycles. The van der Waals surface area contributed by atoms with Crippen LogP contribution in [-0.2, 0) is 65.4 Å². The van der Waals surface area contributed by atoms with E-state index in [0.717, 1.165) is 102 Å². The van der Waals surface area contributed by atoms with E-state index in [-0.39, 0.29) is 25.7 Å². The van der Waals surface area contributed by atoms with E-state index in [0.29, 0.717) is 25.7 Å². The largest absolute Gasteiger partial charge is 0.472 e. The standard InChI is InChI=1S/C81H158O17P2/c1-7-10-12-14-16-18-19-20-21-22-23-24-25-26-27-28-29-34-41-47-53-59-65-80(85)97-77(70-92-79(84)64-58-52-46-40-33-31-30-32-38-43-49-55-61-73(4)5)72-96-100(89,90)94-68-75(82)67-93-99(87,88)95-71-76(69-91-78(83)63-57-51-45-37-17-15-13-11-8-2)98-81(86)66-60-54-48-42-36-35-39-44-50-56-62-74(6)9-3/h73-77,82H,7-72H2,1-6H3,(H,87,88)(H,89,90)/t74?,75-,76+,77+/m0/s1. The number of carbonyl (C=O) groups excluding carboxylic acids is 4. The molecule has 0 saturated carbocycles. The Morgan fingerprint density at radius 2 is 0.510 bits per heavy atom. The molecule has 3 N–H and O–H groups in total. The molecule has 0 fully saturated rings. The van der Waals surface area contributed by atoms with Gasteiger partial charge in [0, 0.05) is 25.7 Å². The first-order chi connectivity index (χ1) is 48.4. The molecule has 0 aromatic carbocycles. The van der Waals surface area contributed by atoms with Crippen molar-refractivity contribution in [2.24, 2.45) is 11.8 Å². The zero-order chi connectivity index (χ0) is 73.5. The maximum atomic E-state index is 13.1. The highest BCUT2D eigenvalue weighted by molar-refractivity contribution is 7.47. The molecule has 0 aromatic rings. The van der Waals surface area contributed by atoms with E-state index >= 15 is 0 Å². The number of unbranched alkanes of at least 4 members (excludes halogenated alkanes) is 49. The maximum absolute atomic E-state index is 13.1. The highest BCUT2D eigenvalue weighted by Gasteiger charge is 2.30. The average Bonchev–Trinajstić information content (AvgIpc) is 0.921. The summed E-state index contributed by atoms with van der Waals surface area (Å²) in [5.74, 6) is -0.526. The molecule has 19 heteroatoms. The third-order valence-corrected chi connectivity index (χ3v) is 21.2. The summed E-state index contributed by atoms with van der Waals surface area (Å²) in [6.07, 6.45) is 62.5. The van der Waals surface area contributed by atoms with Crippen LogP contribution >= 0.6 is 15.6 Å². The van der Waals surface area contributed by atoms with E-state index in [1.165, 1.54) is 244 Å². The van der Waals surface area contributed by atoms with Crippen LogP contribution in [0.3, 0.4) is 0 Å². The molecular weight excluding hydrogens is 1310 g/mol. The summed E-state index contributed by atoms with van der Waals surface area (Å²) in [5.41, 5.74) is 0. The minimum Gasteiger partial charge on any atom is -0.462 e. The number of rotatable bonds is 80. The molecule has 0 spiro atoms. The van der Waals surface area contributed by atoms with Crippen molar-refractivity contribution in [1.82, 2.24) is 0 Å². The molecule has 6 atom stereocenters. The van der Waals surface area contributed by atoms with Gasteiger partial charge in [0.05, 0.1) is 26.4 Å². The number of carbonyl (C=O) groups is 4. The van der Waals surface area contributed by atoms with Crippen molar-refractivity contribution < 1.29 is 80.2 Å². The molecule has 0 amide bonds. The van der Waals surface area contributed by atoms with Gasteiger partial charge in [0.2, 0.25) is 0 Å². The van der Waals surface area contributed by atoms with Gasteiger partial charge >= 0.3 is 39.5 Å². The average molecular weight is 1470 g/mol. The molecule has 0 saturated heterocycles. The lowest BCUT2D eigenvalue weighted by Crippen LogP contribution is -2.30. The SMILES string of the molecule is CCCCCCCCCCCCCCCCCCCCCCCCC(=O)O[C@H](COC(=O)CCCCCCCCCCCCCCC(C)C)COP(=O)(O)OC[C@@H](O)COP(=O)(O)OC[C@@H](COC(=O)CCCCCCCCCCC)OC(=O)CCCCCCCCCCCCC(C)CC. The number of phosphoric acid groups is 2. The monoisotopic (exact) mass is 1470 g/mol. The topological polar surface area (TPSA) is 237 Å². The van der Waals surface area contributed by atoms with Crippen LogP contribution in [0.15, 0.2) is 0 Å². The first-order valence-corrected chi connectivity index (χ1v) is 45.0. The Balaban J connectivity index is 5.20. The molecule has 0 radical (unpaired) electrons. The molecule has 3 unspecified atom stereocenters. The van der Waals surface area contributed by atoms with Crippen molar-refractivity contribution in [1.29, 1.82) is 0 Å². The Morgan fingerprint density at radius 1 is 0.290 bits per heavy atom. The molecule has 100 heavy (non-hydrogen) atoms. The predicted octanol–water partition coefficient (Wildman–Crippen LogP) is 24.3. The van der Waals surface area contributed by atoms with Crippen molar-refractivity contribution in [2.45, 2.75) is 445 Å². The Hall–Kier alpha value is -1.94. The highest BCUT2D eigenvalue weighted by Crippen LogP contribution is 2.45. The number of esters is 4. The van der Waals surface area contributed by atoms with Gasteiger partial charge < -0.3 is 33.8 Å². The van der Waals surface area contributed by atoms with Crippen LogP contribution < -0.4 is 0 Å². The summed E-state index contributed by atoms with van der Waals surface area (Å²) in [4.78, 5) is 73.0. The van der Waals surface area contributed by atoms with Gasteiger partial charge in [-0.1, -0.05) is 375 Å². The van der Waals surface area contributed by atoms with E-state index in [1.807, 2.05) is 0 Å². The fourth-order valence-electron chi connectivity index (χ4n) is 12.5. The summed E-state index contributed by atoms with van der Waals surface area (Å²) in [6, 6.07) is 0. The third-order valence-electron chi connectivity index (χ3n) is 19.3. The lowest BCUT2D eigenvalue weighted by atomic mass is 9.99. The molecule has 0 aliphatic rings. The van der Waals surface area contributed by atoms with Crippen molar-refractivity contribution in [3.05, 3.63) is 0 Å². The first-order valence-electron chi connectivity index (χ1n) is 42.0. The van der Waals surface area contributed by atoms with Gasteiger partial charge in [-0.15, -0.1) is 0 Å². The summed E-state index contributed by atoms with van der Waals surface area (Å²) >= 11 is 0. The van der Waals surface area contributed by atoms with Gasteiger partial charge in [-0.2, -0.15) is 0 Å². The quantitative estimate of drug-likeness (QED) is 0.0222. The Labute approximate surface area is 613 Å². The Kier molecular flexibility index (Phi) is 71.2. The Morgan fingerprint density at radius 3 is 0.760 bits per heavy atom. The zero-order valence-electron chi connectivity index (χ0n) is 65.5. The highest BCUT2D eigenvalue weighted by atomic mass is 31.2. The van der Waals surface area contributed by atoms with Gasteiger partial charge in [-0.05, 0) is 37.5 Å². The van der Waals surface area contributed by atoms with E-state index in [4.69, 9.17) is 37.0 Å². The summed E-state index contributed by atoms with van der Waals surface area (Å²) in [5, 5.41) is 10.6. The summed E-state index contributed by atoms with van der Waals surface area (Å²) in [7, 11) is -9.92. The van der Waals surface area contributed by atoms with Crippen molar-refractivity contribution >= 4 is 39.5 Å². The van der Waals surface area contributed by atoms with E-state index < -0.39 is 97.5 Å². The van der Waals surface area contributed by atoms with E-state index in [9.17, 15) is 43.2 Å². The molecule has 0 aliphatic heterocycles. The normalized spacial score (nSPS) is 14.2. The van der Waals surface area contributed by atoms with Crippen LogP contribution in [0.5, 0.6) is 0 Å². The summed E-state index contributed by atoms with van der Waals surface area (Å²) in [6.45, 7) is 9.65. The lowest BCUT2D eigenvalue weighted by Gasteiger charge is -2.21. The van der Waals surface area contributed by atoms with Crippen LogP contribution in [0.25, 0.3) is 0 Å². The van der Waals surface area contributed by atoms with Crippen molar-refractivity contribution in [3.8, 4) is 0 Å². The number of phosphoric ester groups is 2. The smallest absolute Gasteiger partial charge is 0.462 e. The van der Waals surface area contributed by atoms with Crippen molar-refractivity contribution in [3.63, 3.8) is 0 Å². The Bertz CT molecular complexity index is 1930. The molecule has 594 valence electrons. The minimum absolute atomic E-state index is 0.106. The van der Waals surface area contributed by atoms with Crippen LogP contribution in [0.4, 0.5) is 0 Å². The fraction of sp³-hybridized carbons (Fsp3) is 0.951. The second-order valence-electron chi connectivity index (χ2n) is 29.9. The number of hydrogen-bond acceptors (Lipinski definition) is 15. The number of hydrogen-bond donors (Lipinski definition) is 3. The second kappa shape index (κ2) is 72.6. The van der Waals surface area contributed by atoms with E-state index in [2.05, 4.69) is 41.5 Å². The van der Waals surface area contributed by atoms with Crippen molar-refractivity contribution in [2.75, 3.05) is 39.6 Å². The molecule has 17 nitrogen and oxygen atoms in total. The van der Waals surface area contributed by atoms with Crippen LogP contribution in [0, 0.1) is 11.8 Å². The molecule has 0 bridgehead atoms. The van der Waals surface area contributed by atoms with Gasteiger partial charge in [0.1, 0.15) is 19.3 Å². The van der Waals surface area contributed by atoms with E-state index in [1.54, 1.807) is 0 Å². The van der Waals surface area contributed by atoms with Gasteiger partial charge in [-0.3, -0.25) is 37.3 Å². The van der Waals surface area contributed by atoms with Gasteiger partial charge in [0.15, 0.2) is 12.2 Å². The number of aliphatic hydroxyl groups is 1. The molecule has 0 aromatic heterocycles. The number of aliphatic hydroxyl groups excluding tert-OH is 1. The zero-order valence-corrected chi connectivity index (χ0v) is 67.3. The first kappa shape index (κ1) is 98.1. The predicted molar refractivity (Wildman–Crippen MR) is 409 cm³/mol. The number of ether oxygens (including phenoxy) is 4. The maximum Gasteiger partial charge on any atom is 0.472 e. The van der Waals surface area contributed by atoms with Gasteiger partial charge in [-0.25, -0.2) is 9.13 Å². The third kappa shape index (κ3) is 73.0.